The van der Waals surface area contributed by atoms with Crippen molar-refractivity contribution in [2.45, 2.75) is 64.6 Å². The van der Waals surface area contributed by atoms with E-state index in [1.807, 2.05) is 20.8 Å². The monoisotopic (exact) mass is 528 g/mol. The number of aliphatic hydroxyl groups excluding tert-OH is 1. The number of nitrogens with zero attached hydrogens (tertiary/aromatic N) is 2. The standard InChI is InChI=1S/C17H21Cl2NO3.C9H17NO2/c1-2-10-23-14-6-5-13(18)16(19)15(14)17(22)12-4-3-8-20(11-21)9-7-12;1-9(2,3)12-8(11)10-6-4-5-7-10/h2,5-6,11-12,17,22H,1,3-4,7-10H2;4-7H2,1-3H3. The Morgan fingerprint density at radius 1 is 1.17 bits per heavy atom. The zero-order valence-electron chi connectivity index (χ0n) is 21.0. The third-order valence-corrected chi connectivity index (χ3v) is 6.72. The van der Waals surface area contributed by atoms with Gasteiger partial charge in [0.05, 0.1) is 16.1 Å². The van der Waals surface area contributed by atoms with Crippen molar-refractivity contribution in [2.24, 2.45) is 5.92 Å². The van der Waals surface area contributed by atoms with Gasteiger partial charge in [0.1, 0.15) is 18.0 Å². The number of benzene rings is 1. The number of halogens is 2. The van der Waals surface area contributed by atoms with E-state index in [2.05, 4.69) is 6.58 Å². The van der Waals surface area contributed by atoms with Gasteiger partial charge in [-0.2, -0.15) is 0 Å². The second-order valence-corrected chi connectivity index (χ2v) is 10.6. The minimum atomic E-state index is -0.785. The smallest absolute Gasteiger partial charge is 0.410 e. The van der Waals surface area contributed by atoms with Crippen LogP contribution in [-0.2, 0) is 9.53 Å². The molecule has 1 N–H and O–H groups in total. The number of hydrogen-bond donors (Lipinski definition) is 1. The summed E-state index contributed by atoms with van der Waals surface area (Å²) in [6.45, 7) is 12.7. The molecule has 2 unspecified atom stereocenters. The maximum absolute atomic E-state index is 11.4. The summed E-state index contributed by atoms with van der Waals surface area (Å²) < 4.78 is 10.8. The highest BCUT2D eigenvalue weighted by atomic mass is 35.5. The van der Waals surface area contributed by atoms with Crippen LogP contribution in [0.2, 0.25) is 10.0 Å². The maximum atomic E-state index is 11.4. The fourth-order valence-corrected chi connectivity index (χ4v) is 4.56. The van der Waals surface area contributed by atoms with Crippen LogP contribution in [0, 0.1) is 5.92 Å². The molecule has 0 bridgehead atoms. The van der Waals surface area contributed by atoms with E-state index in [0.29, 0.717) is 40.9 Å². The summed E-state index contributed by atoms with van der Waals surface area (Å²) in [5.41, 5.74) is 0.158. The Labute approximate surface area is 219 Å². The van der Waals surface area contributed by atoms with E-state index in [4.69, 9.17) is 32.7 Å². The second kappa shape index (κ2) is 14.0. The van der Waals surface area contributed by atoms with Crippen molar-refractivity contribution in [2.75, 3.05) is 32.8 Å². The Balaban J connectivity index is 0.000000303. The highest BCUT2D eigenvalue weighted by molar-refractivity contribution is 6.42. The molecule has 2 amide bonds. The molecule has 35 heavy (non-hydrogen) atoms. The van der Waals surface area contributed by atoms with Crippen LogP contribution in [0.1, 0.15) is 64.5 Å². The fraction of sp³-hybridized carbons (Fsp3) is 0.615. The first-order valence-electron chi connectivity index (χ1n) is 12.1. The molecule has 2 atom stereocenters. The Morgan fingerprint density at radius 2 is 1.86 bits per heavy atom. The van der Waals surface area contributed by atoms with Crippen LogP contribution in [0.25, 0.3) is 0 Å². The van der Waals surface area contributed by atoms with Crippen LogP contribution < -0.4 is 4.74 Å². The summed E-state index contributed by atoms with van der Waals surface area (Å²) in [6, 6.07) is 3.37. The van der Waals surface area contributed by atoms with Gasteiger partial charge in [-0.1, -0.05) is 35.9 Å². The highest BCUT2D eigenvalue weighted by Crippen LogP contribution is 2.42. The molecule has 7 nitrogen and oxygen atoms in total. The lowest BCUT2D eigenvalue weighted by molar-refractivity contribution is -0.118. The van der Waals surface area contributed by atoms with Gasteiger partial charge < -0.3 is 24.4 Å². The number of likely N-dealkylation sites (tertiary alicyclic amines) is 2. The van der Waals surface area contributed by atoms with Crippen molar-refractivity contribution in [1.82, 2.24) is 9.80 Å². The third kappa shape index (κ3) is 9.21. The zero-order valence-corrected chi connectivity index (χ0v) is 22.5. The minimum absolute atomic E-state index is 0.00185. The van der Waals surface area contributed by atoms with Crippen molar-refractivity contribution in [3.05, 3.63) is 40.4 Å². The largest absolute Gasteiger partial charge is 0.489 e. The molecule has 2 heterocycles. The van der Waals surface area contributed by atoms with Crippen LogP contribution in [0.5, 0.6) is 5.75 Å². The number of amides is 2. The number of carbonyl (C=O) groups excluding carboxylic acids is 2. The molecular weight excluding hydrogens is 491 g/mol. The first-order valence-corrected chi connectivity index (χ1v) is 12.9. The second-order valence-electron chi connectivity index (χ2n) is 9.82. The van der Waals surface area contributed by atoms with Gasteiger partial charge >= 0.3 is 6.09 Å². The van der Waals surface area contributed by atoms with E-state index in [1.165, 1.54) is 0 Å². The van der Waals surface area contributed by atoms with E-state index in [0.717, 1.165) is 51.7 Å². The number of carbonyl (C=O) groups is 2. The van der Waals surface area contributed by atoms with E-state index in [9.17, 15) is 14.7 Å². The molecule has 0 radical (unpaired) electrons. The van der Waals surface area contributed by atoms with Crippen molar-refractivity contribution in [1.29, 1.82) is 0 Å². The van der Waals surface area contributed by atoms with Crippen molar-refractivity contribution < 1.29 is 24.2 Å². The lowest BCUT2D eigenvalue weighted by Gasteiger charge is -2.25. The predicted molar refractivity (Wildman–Crippen MR) is 139 cm³/mol. The number of rotatable bonds is 6. The average molecular weight is 530 g/mol. The van der Waals surface area contributed by atoms with E-state index in [-0.39, 0.29) is 17.6 Å². The first-order chi connectivity index (χ1) is 16.6. The van der Waals surface area contributed by atoms with E-state index < -0.39 is 6.10 Å². The van der Waals surface area contributed by atoms with Gasteiger partial charge in [0, 0.05) is 31.7 Å². The third-order valence-electron chi connectivity index (χ3n) is 5.91. The predicted octanol–water partition coefficient (Wildman–Crippen LogP) is 5.87. The van der Waals surface area contributed by atoms with Crippen LogP contribution in [-0.4, -0.2) is 65.8 Å². The molecule has 2 aliphatic heterocycles. The number of ether oxygens (including phenoxy) is 2. The molecule has 1 aromatic rings. The number of hydrogen-bond acceptors (Lipinski definition) is 5. The van der Waals surface area contributed by atoms with Gasteiger partial charge in [0.25, 0.3) is 0 Å². The first kappa shape index (κ1) is 29.3. The van der Waals surface area contributed by atoms with Crippen molar-refractivity contribution in [3.8, 4) is 5.75 Å². The molecule has 0 spiro atoms. The summed E-state index contributed by atoms with van der Waals surface area (Å²) in [5.74, 6) is 0.519. The van der Waals surface area contributed by atoms with Gasteiger partial charge in [-0.05, 0) is 70.9 Å². The normalized spacial score (nSPS) is 19.2. The molecule has 1 aromatic carbocycles. The van der Waals surface area contributed by atoms with E-state index in [1.54, 1.807) is 28.0 Å². The minimum Gasteiger partial charge on any atom is -0.489 e. The summed E-state index contributed by atoms with van der Waals surface area (Å²) in [6.07, 6.45) is 6.14. The molecule has 2 aliphatic rings. The molecule has 2 fully saturated rings. The Bertz CT molecular complexity index is 853. The molecule has 3 rings (SSSR count). The van der Waals surface area contributed by atoms with Crippen molar-refractivity contribution in [3.63, 3.8) is 0 Å². The SMILES string of the molecule is C=CCOc1ccc(Cl)c(Cl)c1C(O)C1CCCN(C=O)CC1.CC(C)(C)OC(=O)N1CCCC1. The molecular formula is C26H38Cl2N2O5. The van der Waals surface area contributed by atoms with Gasteiger partial charge in [-0.15, -0.1) is 0 Å². The molecule has 0 aliphatic carbocycles. The maximum Gasteiger partial charge on any atom is 0.410 e. The zero-order chi connectivity index (χ0) is 26.0. The van der Waals surface area contributed by atoms with E-state index >= 15 is 0 Å². The highest BCUT2D eigenvalue weighted by Gasteiger charge is 2.29. The van der Waals surface area contributed by atoms with Crippen LogP contribution >= 0.6 is 23.2 Å². The quantitative estimate of drug-likeness (QED) is 0.369. The van der Waals surface area contributed by atoms with Crippen LogP contribution in [0.15, 0.2) is 24.8 Å². The average Bonchev–Trinajstić information content (AvgIpc) is 3.24. The van der Waals surface area contributed by atoms with Gasteiger partial charge in [-0.3, -0.25) is 4.79 Å². The van der Waals surface area contributed by atoms with Crippen LogP contribution in [0.3, 0.4) is 0 Å². The molecule has 2 saturated heterocycles. The summed E-state index contributed by atoms with van der Waals surface area (Å²) in [7, 11) is 0. The Kier molecular flexibility index (Phi) is 11.7. The van der Waals surface area contributed by atoms with Crippen LogP contribution in [0.4, 0.5) is 4.79 Å². The van der Waals surface area contributed by atoms with Gasteiger partial charge in [-0.25, -0.2) is 4.79 Å². The summed E-state index contributed by atoms with van der Waals surface area (Å²) in [5, 5.41) is 11.6. The van der Waals surface area contributed by atoms with Gasteiger partial charge in [0.15, 0.2) is 0 Å². The lowest BCUT2D eigenvalue weighted by Crippen LogP contribution is -2.34. The molecule has 0 aromatic heterocycles. The fourth-order valence-electron chi connectivity index (χ4n) is 4.13. The Morgan fingerprint density at radius 3 is 2.46 bits per heavy atom. The summed E-state index contributed by atoms with van der Waals surface area (Å²) in [4.78, 5) is 25.8. The van der Waals surface area contributed by atoms with Gasteiger partial charge in [0.2, 0.25) is 6.41 Å². The molecule has 9 heteroatoms. The molecule has 196 valence electrons. The number of aliphatic hydroxyl groups is 1. The topological polar surface area (TPSA) is 79.3 Å². The molecule has 0 saturated carbocycles. The Hall–Kier alpha value is -1.96. The lowest BCUT2D eigenvalue weighted by atomic mass is 9.89. The van der Waals surface area contributed by atoms with Crippen molar-refractivity contribution >= 4 is 35.7 Å². The summed E-state index contributed by atoms with van der Waals surface area (Å²) >= 11 is 12.4.